The van der Waals surface area contributed by atoms with Crippen molar-refractivity contribution in [2.45, 2.75) is 53.9 Å². The normalized spacial score (nSPS) is 11.3. The molecule has 0 aliphatic rings. The second-order valence-corrected chi connectivity index (χ2v) is 11.1. The quantitative estimate of drug-likeness (QED) is 0.198. The molecular weight excluding hydrogens is 608 g/mol. The Labute approximate surface area is 275 Å². The van der Waals surface area contributed by atoms with E-state index in [9.17, 15) is 20.1 Å². The van der Waals surface area contributed by atoms with E-state index >= 15 is 0 Å². The zero-order valence-corrected chi connectivity index (χ0v) is 26.9. The van der Waals surface area contributed by atoms with E-state index in [-0.39, 0.29) is 11.8 Å². The summed E-state index contributed by atoms with van der Waals surface area (Å²) in [4.78, 5) is 35.9. The number of carbonyl (C=O) groups is 2. The second-order valence-electron chi connectivity index (χ2n) is 11.1. The Morgan fingerprint density at radius 1 is 0.708 bits per heavy atom. The van der Waals surface area contributed by atoms with Crippen LogP contribution in [0.3, 0.4) is 0 Å². The van der Waals surface area contributed by atoms with Gasteiger partial charge in [0.1, 0.15) is 11.4 Å². The number of carbonyl (C=O) groups excluding carboxylic acids is 2. The van der Waals surface area contributed by atoms with Gasteiger partial charge in [-0.15, -0.1) is 0 Å². The number of hydrogen-bond donors (Lipinski definition) is 2. The predicted octanol–water partition coefficient (Wildman–Crippen LogP) is 4.94. The van der Waals surface area contributed by atoms with Crippen molar-refractivity contribution >= 4 is 45.8 Å². The van der Waals surface area contributed by atoms with Crippen molar-refractivity contribution in [3.05, 3.63) is 94.6 Å². The van der Waals surface area contributed by atoms with Gasteiger partial charge in [0.05, 0.1) is 56.7 Å². The SMILES string of the molecule is CCn1nc(C)cc1C(=O)Nc1nc2cc(C#N)ccc2n1C/C=C/Cn1c(NC(=O)c2cc(C)nn2CC)nc2cc(C#N)ccc21. The Morgan fingerprint density at radius 3 is 1.50 bits per heavy atom. The monoisotopic (exact) mass is 640 g/mol. The molecule has 4 heterocycles. The number of nitriles is 2. The number of anilines is 2. The fourth-order valence-electron chi connectivity index (χ4n) is 5.59. The Kier molecular flexibility index (Phi) is 8.55. The van der Waals surface area contributed by atoms with Crippen LogP contribution in [-0.4, -0.2) is 50.5 Å². The third-order valence-corrected chi connectivity index (χ3v) is 7.82. The van der Waals surface area contributed by atoms with Gasteiger partial charge in [-0.1, -0.05) is 12.2 Å². The average Bonchev–Trinajstić information content (AvgIpc) is 3.84. The Bertz CT molecular complexity index is 2160. The minimum Gasteiger partial charge on any atom is -0.306 e. The molecule has 2 amide bonds. The van der Waals surface area contributed by atoms with Gasteiger partial charge in [0, 0.05) is 26.2 Å². The van der Waals surface area contributed by atoms with E-state index in [1.54, 1.807) is 57.9 Å². The molecule has 0 saturated carbocycles. The Balaban J connectivity index is 1.30. The lowest BCUT2D eigenvalue weighted by Gasteiger charge is -2.10. The maximum Gasteiger partial charge on any atom is 0.276 e. The number of fused-ring (bicyclic) bond motifs is 2. The van der Waals surface area contributed by atoms with E-state index < -0.39 is 0 Å². The number of imidazole rings is 2. The lowest BCUT2D eigenvalue weighted by atomic mass is 10.2. The Hall–Kier alpha value is -6.54. The summed E-state index contributed by atoms with van der Waals surface area (Å²) in [5.41, 5.74) is 5.82. The van der Waals surface area contributed by atoms with Crippen LogP contribution in [0.25, 0.3) is 22.1 Å². The molecule has 0 saturated heterocycles. The zero-order valence-electron chi connectivity index (χ0n) is 26.9. The highest BCUT2D eigenvalue weighted by atomic mass is 16.2. The summed E-state index contributed by atoms with van der Waals surface area (Å²) in [5, 5.41) is 33.5. The third kappa shape index (κ3) is 6.02. The molecule has 48 heavy (non-hydrogen) atoms. The molecule has 240 valence electrons. The number of nitrogens with zero attached hydrogens (tertiary/aromatic N) is 10. The van der Waals surface area contributed by atoms with Crippen LogP contribution in [0.1, 0.15) is 57.3 Å². The van der Waals surface area contributed by atoms with Crippen LogP contribution >= 0.6 is 0 Å². The minimum atomic E-state index is -0.347. The standard InChI is InChI=1S/C34H32N12O2/c1-5-45-29(15-21(3)41-45)31(47)39-33-37-25-17-23(19-35)9-11-27(25)43(33)13-7-8-14-44-28-12-10-24(20-36)18-26(28)38-34(44)40-32(48)30-16-22(4)42-46(30)6-2/h7-12,15-18H,5-6,13-14H2,1-4H3,(H,37,39,47)(H,38,40,48)/b8-7+. The van der Waals surface area contributed by atoms with Gasteiger partial charge in [-0.3, -0.25) is 29.6 Å². The van der Waals surface area contributed by atoms with Crippen LogP contribution < -0.4 is 10.6 Å². The minimum absolute atomic E-state index is 0.323. The van der Waals surface area contributed by atoms with Gasteiger partial charge in [-0.25, -0.2) is 9.97 Å². The van der Waals surface area contributed by atoms with Gasteiger partial charge in [0.15, 0.2) is 0 Å². The number of nitrogens with one attached hydrogen (secondary N) is 2. The molecule has 2 aromatic carbocycles. The van der Waals surface area contributed by atoms with Crippen molar-refractivity contribution in [2.24, 2.45) is 0 Å². The summed E-state index contributed by atoms with van der Waals surface area (Å²) in [6.45, 7) is 9.23. The van der Waals surface area contributed by atoms with Gasteiger partial charge < -0.3 is 9.13 Å². The molecule has 0 atom stereocenters. The van der Waals surface area contributed by atoms with E-state index in [0.717, 1.165) is 22.4 Å². The first-order valence-electron chi connectivity index (χ1n) is 15.4. The van der Waals surface area contributed by atoms with Crippen LogP contribution in [0, 0.1) is 36.5 Å². The molecule has 0 aliphatic heterocycles. The molecule has 6 aromatic rings. The van der Waals surface area contributed by atoms with Crippen molar-refractivity contribution in [3.8, 4) is 12.1 Å². The molecule has 0 fully saturated rings. The van der Waals surface area contributed by atoms with E-state index in [2.05, 4.69) is 42.9 Å². The topological polar surface area (TPSA) is 177 Å². The highest BCUT2D eigenvalue weighted by Gasteiger charge is 2.20. The fourth-order valence-corrected chi connectivity index (χ4v) is 5.59. The summed E-state index contributed by atoms with van der Waals surface area (Å²) < 4.78 is 6.97. The number of amides is 2. The second kappa shape index (κ2) is 13.1. The molecule has 0 radical (unpaired) electrons. The fraction of sp³-hybridized carbons (Fsp3) is 0.235. The van der Waals surface area contributed by atoms with E-state index in [1.807, 2.05) is 49.0 Å². The number of aryl methyl sites for hydroxylation is 4. The zero-order chi connectivity index (χ0) is 33.9. The predicted molar refractivity (Wildman–Crippen MR) is 179 cm³/mol. The Morgan fingerprint density at radius 2 is 1.12 bits per heavy atom. The molecule has 14 heteroatoms. The number of benzene rings is 2. The molecule has 0 aliphatic carbocycles. The first-order valence-corrected chi connectivity index (χ1v) is 15.4. The van der Waals surface area contributed by atoms with Crippen molar-refractivity contribution in [1.29, 1.82) is 10.5 Å². The molecule has 4 aromatic heterocycles. The largest absolute Gasteiger partial charge is 0.306 e. The number of rotatable bonds is 10. The van der Waals surface area contributed by atoms with Crippen molar-refractivity contribution < 1.29 is 9.59 Å². The van der Waals surface area contributed by atoms with Gasteiger partial charge >= 0.3 is 0 Å². The highest BCUT2D eigenvalue weighted by molar-refractivity contribution is 6.04. The van der Waals surface area contributed by atoms with E-state index in [0.29, 0.717) is 71.6 Å². The van der Waals surface area contributed by atoms with Crippen LogP contribution in [0.4, 0.5) is 11.9 Å². The number of aromatic nitrogens is 8. The molecule has 0 bridgehead atoms. The van der Waals surface area contributed by atoms with E-state index in [4.69, 9.17) is 0 Å². The van der Waals surface area contributed by atoms with Crippen LogP contribution in [0.5, 0.6) is 0 Å². The van der Waals surface area contributed by atoms with Crippen molar-refractivity contribution in [2.75, 3.05) is 10.6 Å². The first kappa shape index (κ1) is 31.4. The van der Waals surface area contributed by atoms with Gasteiger partial charge in [0.2, 0.25) is 11.9 Å². The smallest absolute Gasteiger partial charge is 0.276 e. The van der Waals surface area contributed by atoms with Crippen molar-refractivity contribution in [3.63, 3.8) is 0 Å². The maximum absolute atomic E-state index is 13.3. The lowest BCUT2D eigenvalue weighted by Crippen LogP contribution is -2.20. The van der Waals surface area contributed by atoms with Crippen LogP contribution in [0.15, 0.2) is 60.7 Å². The van der Waals surface area contributed by atoms with Gasteiger partial charge in [0.25, 0.3) is 11.8 Å². The first-order chi connectivity index (χ1) is 23.2. The van der Waals surface area contributed by atoms with Crippen molar-refractivity contribution in [1.82, 2.24) is 38.7 Å². The maximum atomic E-state index is 13.3. The summed E-state index contributed by atoms with van der Waals surface area (Å²) >= 11 is 0. The summed E-state index contributed by atoms with van der Waals surface area (Å²) in [6, 6.07) is 18.1. The molecule has 14 nitrogen and oxygen atoms in total. The molecule has 2 N–H and O–H groups in total. The van der Waals surface area contributed by atoms with Crippen LogP contribution in [-0.2, 0) is 26.2 Å². The summed E-state index contributed by atoms with van der Waals surface area (Å²) in [6.07, 6.45) is 3.85. The average molecular weight is 641 g/mol. The van der Waals surface area contributed by atoms with Crippen LogP contribution in [0.2, 0.25) is 0 Å². The number of hydrogen-bond acceptors (Lipinski definition) is 8. The van der Waals surface area contributed by atoms with Gasteiger partial charge in [-0.05, 0) is 76.2 Å². The molecular formula is C34H32N12O2. The molecule has 6 rings (SSSR count). The third-order valence-electron chi connectivity index (χ3n) is 7.82. The summed E-state index contributed by atoms with van der Waals surface area (Å²) in [7, 11) is 0. The highest BCUT2D eigenvalue weighted by Crippen LogP contribution is 2.24. The lowest BCUT2D eigenvalue weighted by molar-refractivity contribution is 0.100. The molecule has 0 unspecified atom stereocenters. The van der Waals surface area contributed by atoms with Gasteiger partial charge in [-0.2, -0.15) is 20.7 Å². The summed E-state index contributed by atoms with van der Waals surface area (Å²) in [5.74, 6) is -0.0477. The van der Waals surface area contributed by atoms with E-state index in [1.165, 1.54) is 0 Å². The molecule has 0 spiro atoms. The number of allylic oxidation sites excluding steroid dienone is 2.